The van der Waals surface area contributed by atoms with E-state index >= 15 is 0 Å². The van der Waals surface area contributed by atoms with E-state index < -0.39 is 0 Å². The van der Waals surface area contributed by atoms with Crippen molar-refractivity contribution in [3.63, 3.8) is 0 Å². The van der Waals surface area contributed by atoms with E-state index in [2.05, 4.69) is 17.1 Å². The van der Waals surface area contributed by atoms with Crippen molar-refractivity contribution in [2.24, 2.45) is 0 Å². The molecule has 3 heterocycles. The van der Waals surface area contributed by atoms with E-state index in [9.17, 15) is 0 Å². The van der Waals surface area contributed by atoms with Gasteiger partial charge in [0.25, 0.3) is 0 Å². The molecule has 0 amide bonds. The molecule has 144 valence electrons. The molecule has 0 radical (unpaired) electrons. The average molecular weight is 407 g/mol. The number of nitrogens with zero attached hydrogens (tertiary/aromatic N) is 2. The van der Waals surface area contributed by atoms with Gasteiger partial charge < -0.3 is 14.2 Å². The number of benzene rings is 1. The van der Waals surface area contributed by atoms with Gasteiger partial charge >= 0.3 is 0 Å². The Bertz CT molecular complexity index is 814. The van der Waals surface area contributed by atoms with Crippen molar-refractivity contribution in [3.05, 3.63) is 39.6 Å². The summed E-state index contributed by atoms with van der Waals surface area (Å²) < 4.78 is 12.1. The Morgan fingerprint density at radius 1 is 1.11 bits per heavy atom. The Balaban J connectivity index is 1.41. The minimum Gasteiger partial charge on any atom is -0.373 e. The summed E-state index contributed by atoms with van der Waals surface area (Å²) in [5.41, 5.74) is 2.51. The predicted molar refractivity (Wildman–Crippen MR) is 106 cm³/mol. The Morgan fingerprint density at radius 2 is 1.78 bits per heavy atom. The first-order chi connectivity index (χ1) is 13.1. The number of hydrogen-bond acceptors (Lipinski definition) is 4. The lowest BCUT2D eigenvalue weighted by Crippen LogP contribution is -2.42. The third-order valence-electron chi connectivity index (χ3n) is 6.48. The van der Waals surface area contributed by atoms with Crippen LogP contribution in [0.25, 0.3) is 11.3 Å². The molecule has 1 aromatic heterocycles. The highest BCUT2D eigenvalue weighted by molar-refractivity contribution is 6.39. The van der Waals surface area contributed by atoms with Gasteiger partial charge in [0.15, 0.2) is 0 Å². The Hall–Kier alpha value is -1.07. The number of ether oxygens (including phenoxy) is 1. The zero-order chi connectivity index (χ0) is 18.5. The summed E-state index contributed by atoms with van der Waals surface area (Å²) in [6.45, 7) is 0.514. The van der Waals surface area contributed by atoms with Gasteiger partial charge in [-0.15, -0.1) is 0 Å². The average Bonchev–Trinajstić information content (AvgIpc) is 3.38. The van der Waals surface area contributed by atoms with Crippen LogP contribution in [0, 0.1) is 0 Å². The fourth-order valence-electron chi connectivity index (χ4n) is 4.75. The molecule has 3 fully saturated rings. The van der Waals surface area contributed by atoms with Gasteiger partial charge in [0, 0.05) is 29.1 Å². The number of fused-ring (bicyclic) bond motifs is 2. The molecule has 2 unspecified atom stereocenters. The Labute approximate surface area is 169 Å². The quantitative estimate of drug-likeness (QED) is 0.640. The van der Waals surface area contributed by atoms with Gasteiger partial charge in [0.2, 0.25) is 0 Å². The lowest BCUT2D eigenvalue weighted by molar-refractivity contribution is -0.0214. The molecule has 2 aromatic rings. The molecule has 1 saturated carbocycles. The molecule has 4 nitrogen and oxygen atoms in total. The standard InChI is InChI=1S/C21H24Cl2N2O2/c1-25-13-7-8-14(25)10-15(9-13)26-11-16-20(24-27-21(16)12-5-6-12)19-17(22)3-2-4-18(19)23/h2-4,12-15H,5-11H2,1H3. The first kappa shape index (κ1) is 18.0. The van der Waals surface area contributed by atoms with Crippen molar-refractivity contribution in [1.29, 1.82) is 0 Å². The van der Waals surface area contributed by atoms with E-state index in [1.165, 1.54) is 12.8 Å². The van der Waals surface area contributed by atoms with Crippen LogP contribution in [0.2, 0.25) is 10.0 Å². The Morgan fingerprint density at radius 3 is 2.41 bits per heavy atom. The van der Waals surface area contributed by atoms with Crippen molar-refractivity contribution in [3.8, 4) is 11.3 Å². The minimum atomic E-state index is 0.301. The monoisotopic (exact) mass is 406 g/mol. The first-order valence-electron chi connectivity index (χ1n) is 9.88. The molecule has 2 bridgehead atoms. The van der Waals surface area contributed by atoms with Crippen LogP contribution in [0.4, 0.5) is 0 Å². The smallest absolute Gasteiger partial charge is 0.145 e. The molecule has 27 heavy (non-hydrogen) atoms. The Kier molecular flexibility index (Phi) is 4.71. The predicted octanol–water partition coefficient (Wildman–Crippen LogP) is 5.67. The second-order valence-corrected chi connectivity index (χ2v) is 9.01. The van der Waals surface area contributed by atoms with Crippen LogP contribution in [0.15, 0.2) is 22.7 Å². The summed E-state index contributed by atoms with van der Waals surface area (Å²) in [5.74, 6) is 1.41. The summed E-state index contributed by atoms with van der Waals surface area (Å²) in [6.07, 6.45) is 7.41. The van der Waals surface area contributed by atoms with Crippen molar-refractivity contribution >= 4 is 23.2 Å². The molecule has 0 spiro atoms. The second kappa shape index (κ2) is 7.07. The van der Waals surface area contributed by atoms with E-state index in [1.807, 2.05) is 18.2 Å². The largest absolute Gasteiger partial charge is 0.373 e. The number of halogens is 2. The van der Waals surface area contributed by atoms with Crippen LogP contribution >= 0.6 is 23.2 Å². The second-order valence-electron chi connectivity index (χ2n) is 8.20. The van der Waals surface area contributed by atoms with Crippen molar-refractivity contribution in [1.82, 2.24) is 10.1 Å². The van der Waals surface area contributed by atoms with Crippen LogP contribution in [0.3, 0.4) is 0 Å². The number of piperidine rings is 1. The summed E-state index contributed by atoms with van der Waals surface area (Å²) in [7, 11) is 2.25. The van der Waals surface area contributed by atoms with Gasteiger partial charge in [-0.2, -0.15) is 0 Å². The molecule has 5 rings (SSSR count). The van der Waals surface area contributed by atoms with E-state index in [4.69, 9.17) is 32.5 Å². The normalized spacial score (nSPS) is 28.0. The highest BCUT2D eigenvalue weighted by Gasteiger charge is 2.39. The van der Waals surface area contributed by atoms with E-state index in [0.29, 0.717) is 40.8 Å². The molecule has 2 saturated heterocycles. The molecule has 0 N–H and O–H groups in total. The van der Waals surface area contributed by atoms with Crippen LogP contribution in [0.5, 0.6) is 0 Å². The maximum absolute atomic E-state index is 6.44. The third-order valence-corrected chi connectivity index (χ3v) is 7.11. The van der Waals surface area contributed by atoms with Gasteiger partial charge in [-0.3, -0.25) is 0 Å². The molecule has 1 aliphatic carbocycles. The molecular weight excluding hydrogens is 383 g/mol. The molecule has 6 heteroatoms. The fourth-order valence-corrected chi connectivity index (χ4v) is 5.32. The zero-order valence-corrected chi connectivity index (χ0v) is 17.0. The fraction of sp³-hybridized carbons (Fsp3) is 0.571. The minimum absolute atomic E-state index is 0.301. The van der Waals surface area contributed by atoms with Gasteiger partial charge in [-0.1, -0.05) is 34.4 Å². The molecule has 2 atom stereocenters. The highest BCUT2D eigenvalue weighted by atomic mass is 35.5. The van der Waals surface area contributed by atoms with Crippen LogP contribution in [0.1, 0.15) is 55.8 Å². The summed E-state index contributed by atoms with van der Waals surface area (Å²) in [5, 5.41) is 5.54. The molecule has 3 aliphatic rings. The van der Waals surface area contributed by atoms with Gasteiger partial charge in [-0.05, 0) is 57.7 Å². The topological polar surface area (TPSA) is 38.5 Å². The zero-order valence-electron chi connectivity index (χ0n) is 15.5. The summed E-state index contributed by atoms with van der Waals surface area (Å²) >= 11 is 12.9. The lowest BCUT2D eigenvalue weighted by Gasteiger charge is -2.36. The highest BCUT2D eigenvalue weighted by Crippen LogP contribution is 2.46. The van der Waals surface area contributed by atoms with Crippen LogP contribution in [-0.2, 0) is 11.3 Å². The molecule has 1 aromatic carbocycles. The van der Waals surface area contributed by atoms with Gasteiger partial charge in [0.1, 0.15) is 11.5 Å². The van der Waals surface area contributed by atoms with E-state index in [0.717, 1.165) is 48.3 Å². The lowest BCUT2D eigenvalue weighted by atomic mass is 10.00. The molecule has 2 aliphatic heterocycles. The third kappa shape index (κ3) is 3.31. The maximum atomic E-state index is 6.44. The van der Waals surface area contributed by atoms with Gasteiger partial charge in [-0.25, -0.2) is 0 Å². The molecular formula is C21H24Cl2N2O2. The van der Waals surface area contributed by atoms with Crippen molar-refractivity contribution in [2.45, 2.75) is 69.2 Å². The van der Waals surface area contributed by atoms with E-state index in [1.54, 1.807) is 0 Å². The van der Waals surface area contributed by atoms with E-state index in [-0.39, 0.29) is 0 Å². The summed E-state index contributed by atoms with van der Waals surface area (Å²) in [4.78, 5) is 2.53. The number of rotatable bonds is 5. The van der Waals surface area contributed by atoms with Crippen LogP contribution in [-0.4, -0.2) is 35.3 Å². The van der Waals surface area contributed by atoms with Crippen molar-refractivity contribution < 1.29 is 9.26 Å². The number of aromatic nitrogens is 1. The number of hydrogen-bond donors (Lipinski definition) is 0. The first-order valence-corrected chi connectivity index (χ1v) is 10.6. The SMILES string of the molecule is CN1C2CCC1CC(OCc1c(-c3c(Cl)cccc3Cl)noc1C1CC1)C2. The van der Waals surface area contributed by atoms with Crippen LogP contribution < -0.4 is 0 Å². The van der Waals surface area contributed by atoms with Crippen molar-refractivity contribution in [2.75, 3.05) is 7.05 Å². The summed E-state index contributed by atoms with van der Waals surface area (Å²) in [6, 6.07) is 6.86. The maximum Gasteiger partial charge on any atom is 0.145 e. The van der Waals surface area contributed by atoms with Gasteiger partial charge in [0.05, 0.1) is 22.8 Å².